The molecular formula is C14H29IN4O. The molecule has 0 aliphatic carbocycles. The van der Waals surface area contributed by atoms with Gasteiger partial charge in [0.2, 0.25) is 0 Å². The van der Waals surface area contributed by atoms with Crippen molar-refractivity contribution >= 4 is 29.9 Å². The molecule has 2 fully saturated rings. The van der Waals surface area contributed by atoms with Crippen LogP contribution < -0.4 is 5.73 Å². The third kappa shape index (κ3) is 6.13. The lowest BCUT2D eigenvalue weighted by molar-refractivity contribution is 0.0674. The van der Waals surface area contributed by atoms with Crippen LogP contribution in [0.5, 0.6) is 0 Å². The predicted octanol–water partition coefficient (Wildman–Crippen LogP) is 1.37. The van der Waals surface area contributed by atoms with Crippen LogP contribution in [0.2, 0.25) is 0 Å². The van der Waals surface area contributed by atoms with Crippen molar-refractivity contribution in [1.82, 2.24) is 9.80 Å². The van der Waals surface area contributed by atoms with Gasteiger partial charge >= 0.3 is 0 Å². The standard InChI is InChI=1S/C14H28N4O.HI/c1-13-3-7-17(8-4-13)6-2-5-16-14(15)18-9-11-19-12-10-18;/h13H,2-12H2,1H3,(H2,15,16);1H. The van der Waals surface area contributed by atoms with E-state index in [1.54, 1.807) is 0 Å². The first-order chi connectivity index (χ1) is 9.25. The summed E-state index contributed by atoms with van der Waals surface area (Å²) in [6.07, 6.45) is 3.80. The average Bonchev–Trinajstić information content (AvgIpc) is 2.46. The summed E-state index contributed by atoms with van der Waals surface area (Å²) >= 11 is 0. The summed E-state index contributed by atoms with van der Waals surface area (Å²) in [7, 11) is 0. The van der Waals surface area contributed by atoms with Gasteiger partial charge in [-0.2, -0.15) is 0 Å². The Labute approximate surface area is 139 Å². The SMILES string of the molecule is CC1CCN(CCCN=C(N)N2CCOCC2)CC1.I. The van der Waals surface area contributed by atoms with Crippen molar-refractivity contribution in [2.75, 3.05) is 52.5 Å². The van der Waals surface area contributed by atoms with Gasteiger partial charge < -0.3 is 20.3 Å². The van der Waals surface area contributed by atoms with Crippen molar-refractivity contribution in [2.24, 2.45) is 16.6 Å². The van der Waals surface area contributed by atoms with E-state index >= 15 is 0 Å². The van der Waals surface area contributed by atoms with E-state index in [9.17, 15) is 0 Å². The molecule has 2 aliphatic rings. The second kappa shape index (κ2) is 9.78. The van der Waals surface area contributed by atoms with Crippen LogP contribution in [0, 0.1) is 5.92 Å². The van der Waals surface area contributed by atoms with E-state index in [1.165, 1.54) is 25.9 Å². The number of aliphatic imine (C=N–C) groups is 1. The molecule has 0 bridgehead atoms. The van der Waals surface area contributed by atoms with Crippen LogP contribution in [0.1, 0.15) is 26.2 Å². The lowest BCUT2D eigenvalue weighted by Crippen LogP contribution is -2.44. The van der Waals surface area contributed by atoms with Crippen molar-refractivity contribution in [1.29, 1.82) is 0 Å². The van der Waals surface area contributed by atoms with Gasteiger partial charge in [0.05, 0.1) is 13.2 Å². The first-order valence-electron chi connectivity index (χ1n) is 7.60. The molecular weight excluding hydrogens is 367 g/mol. The van der Waals surface area contributed by atoms with Gasteiger partial charge in [-0.3, -0.25) is 4.99 Å². The maximum absolute atomic E-state index is 5.99. The van der Waals surface area contributed by atoms with Gasteiger partial charge in [0.25, 0.3) is 0 Å². The van der Waals surface area contributed by atoms with Crippen molar-refractivity contribution in [3.8, 4) is 0 Å². The monoisotopic (exact) mass is 396 g/mol. The fourth-order valence-electron chi connectivity index (χ4n) is 2.67. The predicted molar refractivity (Wildman–Crippen MR) is 93.8 cm³/mol. The topological polar surface area (TPSA) is 54.1 Å². The van der Waals surface area contributed by atoms with E-state index < -0.39 is 0 Å². The maximum Gasteiger partial charge on any atom is 0.191 e. The molecule has 2 heterocycles. The van der Waals surface area contributed by atoms with E-state index in [1.807, 2.05) is 0 Å². The Morgan fingerprint density at radius 1 is 1.20 bits per heavy atom. The van der Waals surface area contributed by atoms with Crippen molar-refractivity contribution < 1.29 is 4.74 Å². The van der Waals surface area contributed by atoms with Crippen molar-refractivity contribution in [3.05, 3.63) is 0 Å². The highest BCUT2D eigenvalue weighted by Gasteiger charge is 2.15. The minimum Gasteiger partial charge on any atom is -0.378 e. The molecule has 118 valence electrons. The van der Waals surface area contributed by atoms with E-state index in [0.29, 0.717) is 5.96 Å². The molecule has 2 N–H and O–H groups in total. The van der Waals surface area contributed by atoms with Crippen molar-refractivity contribution in [3.63, 3.8) is 0 Å². The number of ether oxygens (including phenoxy) is 1. The summed E-state index contributed by atoms with van der Waals surface area (Å²) in [5, 5.41) is 0. The van der Waals surface area contributed by atoms with Gasteiger partial charge in [-0.25, -0.2) is 0 Å². The molecule has 2 aliphatic heterocycles. The molecule has 0 atom stereocenters. The highest BCUT2D eigenvalue weighted by atomic mass is 127. The first kappa shape index (κ1) is 18.0. The minimum absolute atomic E-state index is 0. The first-order valence-corrected chi connectivity index (χ1v) is 7.60. The average molecular weight is 396 g/mol. The molecule has 0 spiro atoms. The zero-order chi connectivity index (χ0) is 13.5. The van der Waals surface area contributed by atoms with Crippen molar-refractivity contribution in [2.45, 2.75) is 26.2 Å². The third-order valence-corrected chi connectivity index (χ3v) is 4.12. The van der Waals surface area contributed by atoms with Crippen LogP contribution in [0.4, 0.5) is 0 Å². The summed E-state index contributed by atoms with van der Waals surface area (Å²) in [5.41, 5.74) is 5.99. The third-order valence-electron chi connectivity index (χ3n) is 4.12. The van der Waals surface area contributed by atoms with Crippen LogP contribution in [-0.4, -0.2) is 68.2 Å². The van der Waals surface area contributed by atoms with Gasteiger partial charge in [-0.15, -0.1) is 24.0 Å². The molecule has 0 radical (unpaired) electrons. The molecule has 20 heavy (non-hydrogen) atoms. The summed E-state index contributed by atoms with van der Waals surface area (Å²) in [5.74, 6) is 1.60. The fourth-order valence-corrected chi connectivity index (χ4v) is 2.67. The molecule has 0 amide bonds. The summed E-state index contributed by atoms with van der Waals surface area (Å²) in [6, 6.07) is 0. The Morgan fingerprint density at radius 3 is 2.50 bits per heavy atom. The molecule has 0 aromatic carbocycles. The van der Waals surface area contributed by atoms with Crippen LogP contribution >= 0.6 is 24.0 Å². The second-order valence-corrected chi connectivity index (χ2v) is 5.72. The molecule has 6 heteroatoms. The summed E-state index contributed by atoms with van der Waals surface area (Å²) in [6.45, 7) is 10.1. The van der Waals surface area contributed by atoms with Gasteiger partial charge in [0, 0.05) is 19.6 Å². The van der Waals surface area contributed by atoms with E-state index in [-0.39, 0.29) is 24.0 Å². The Bertz CT molecular complexity index is 287. The molecule has 2 saturated heterocycles. The van der Waals surface area contributed by atoms with Crippen LogP contribution in [0.15, 0.2) is 4.99 Å². The number of hydrogen-bond acceptors (Lipinski definition) is 3. The molecule has 0 aromatic heterocycles. The smallest absolute Gasteiger partial charge is 0.191 e. The lowest BCUT2D eigenvalue weighted by Gasteiger charge is -2.30. The summed E-state index contributed by atoms with van der Waals surface area (Å²) < 4.78 is 5.30. The molecule has 2 rings (SSSR count). The highest BCUT2D eigenvalue weighted by molar-refractivity contribution is 14.0. The Kier molecular flexibility index (Phi) is 8.79. The Balaban J connectivity index is 0.00000200. The number of likely N-dealkylation sites (tertiary alicyclic amines) is 1. The quantitative estimate of drug-likeness (QED) is 0.338. The number of nitrogens with zero attached hydrogens (tertiary/aromatic N) is 3. The molecule has 0 saturated carbocycles. The van der Waals surface area contributed by atoms with Crippen LogP contribution in [0.25, 0.3) is 0 Å². The van der Waals surface area contributed by atoms with Gasteiger partial charge in [-0.1, -0.05) is 6.92 Å². The zero-order valence-electron chi connectivity index (χ0n) is 12.6. The fraction of sp³-hybridized carbons (Fsp3) is 0.929. The minimum atomic E-state index is 0. The van der Waals surface area contributed by atoms with Gasteiger partial charge in [-0.05, 0) is 44.8 Å². The van der Waals surface area contributed by atoms with Gasteiger partial charge in [0.15, 0.2) is 5.96 Å². The van der Waals surface area contributed by atoms with E-state index in [4.69, 9.17) is 10.5 Å². The Hall–Kier alpha value is -0.0800. The van der Waals surface area contributed by atoms with E-state index in [2.05, 4.69) is 21.7 Å². The Morgan fingerprint density at radius 2 is 1.85 bits per heavy atom. The van der Waals surface area contributed by atoms with Crippen LogP contribution in [-0.2, 0) is 4.74 Å². The second-order valence-electron chi connectivity index (χ2n) is 5.72. The van der Waals surface area contributed by atoms with E-state index in [0.717, 1.165) is 51.7 Å². The number of nitrogens with two attached hydrogens (primary N) is 1. The van der Waals surface area contributed by atoms with Gasteiger partial charge in [0.1, 0.15) is 0 Å². The molecule has 0 unspecified atom stereocenters. The molecule has 0 aromatic rings. The highest BCUT2D eigenvalue weighted by Crippen LogP contribution is 2.15. The van der Waals surface area contributed by atoms with Crippen LogP contribution in [0.3, 0.4) is 0 Å². The number of rotatable bonds is 4. The number of halogens is 1. The summed E-state index contributed by atoms with van der Waals surface area (Å²) in [4.78, 5) is 9.16. The lowest BCUT2D eigenvalue weighted by atomic mass is 9.99. The normalized spacial score (nSPS) is 22.6. The number of morpholine rings is 1. The maximum atomic E-state index is 5.99. The zero-order valence-corrected chi connectivity index (χ0v) is 14.9. The largest absolute Gasteiger partial charge is 0.378 e. The molecule has 5 nitrogen and oxygen atoms in total. The number of guanidine groups is 1. The number of hydrogen-bond donors (Lipinski definition) is 1. The number of piperidine rings is 1.